The molecule has 0 aliphatic heterocycles. The minimum absolute atomic E-state index is 0.0388. The molecule has 0 aliphatic rings. The zero-order valence-corrected chi connectivity index (χ0v) is 14.7. The molecular weight excluding hydrogens is 394 g/mol. The van der Waals surface area contributed by atoms with Gasteiger partial charge >= 0.3 is 6.18 Å². The topological polar surface area (TPSA) is 58.6 Å². The fourth-order valence-corrected chi connectivity index (χ4v) is 2.38. The first-order chi connectivity index (χ1) is 12.2. The number of rotatable bonds is 6. The summed E-state index contributed by atoms with van der Waals surface area (Å²) in [4.78, 5) is 12.0. The van der Waals surface area contributed by atoms with Crippen molar-refractivity contribution in [1.29, 1.82) is 0 Å². The van der Waals surface area contributed by atoms with Gasteiger partial charge in [-0.3, -0.25) is 4.79 Å². The number of carbonyl (C=O) groups excluding carboxylic acids is 1. The molecule has 1 amide bonds. The van der Waals surface area contributed by atoms with E-state index in [9.17, 15) is 23.1 Å². The highest BCUT2D eigenvalue weighted by molar-refractivity contribution is 6.43. The number of aliphatic hydroxyl groups excluding tert-OH is 1. The lowest BCUT2D eigenvalue weighted by Gasteiger charge is -2.15. The highest BCUT2D eigenvalue weighted by atomic mass is 35.5. The van der Waals surface area contributed by atoms with Gasteiger partial charge in [-0.05, 0) is 30.3 Å². The Bertz CT molecular complexity index is 784. The number of amides is 1. The lowest BCUT2D eigenvalue weighted by atomic mass is 10.2. The van der Waals surface area contributed by atoms with Gasteiger partial charge in [-0.25, -0.2) is 0 Å². The Kier molecular flexibility index (Phi) is 6.75. The van der Waals surface area contributed by atoms with Crippen molar-refractivity contribution in [2.45, 2.75) is 12.3 Å². The second-order valence-corrected chi connectivity index (χ2v) is 6.09. The largest absolute Gasteiger partial charge is 0.491 e. The van der Waals surface area contributed by atoms with Crippen molar-refractivity contribution in [3.8, 4) is 5.75 Å². The highest BCUT2D eigenvalue weighted by Crippen LogP contribution is 2.31. The second-order valence-electron chi connectivity index (χ2n) is 5.30. The second kappa shape index (κ2) is 8.62. The number of nitrogens with one attached hydrogen (secondary N) is 1. The molecule has 0 aliphatic carbocycles. The summed E-state index contributed by atoms with van der Waals surface area (Å²) < 4.78 is 43.0. The maximum Gasteiger partial charge on any atom is 0.416 e. The minimum atomic E-state index is -4.48. The van der Waals surface area contributed by atoms with Crippen LogP contribution < -0.4 is 10.1 Å². The SMILES string of the molecule is O=C(NCC(O)COc1cccc(C(F)(F)F)c1)c1cccc(Cl)c1Cl. The van der Waals surface area contributed by atoms with Crippen LogP contribution in [0.15, 0.2) is 42.5 Å². The van der Waals surface area contributed by atoms with E-state index in [0.717, 1.165) is 12.1 Å². The van der Waals surface area contributed by atoms with E-state index in [0.29, 0.717) is 0 Å². The molecule has 26 heavy (non-hydrogen) atoms. The van der Waals surface area contributed by atoms with Gasteiger partial charge in [-0.15, -0.1) is 0 Å². The Labute approximate surface area is 157 Å². The van der Waals surface area contributed by atoms with Gasteiger partial charge in [0.1, 0.15) is 18.5 Å². The Hall–Kier alpha value is -1.96. The molecule has 0 fully saturated rings. The minimum Gasteiger partial charge on any atom is -0.491 e. The molecule has 2 rings (SSSR count). The lowest BCUT2D eigenvalue weighted by Crippen LogP contribution is -2.35. The first-order valence-corrected chi connectivity index (χ1v) is 8.14. The van der Waals surface area contributed by atoms with Crippen molar-refractivity contribution in [1.82, 2.24) is 5.32 Å². The summed E-state index contributed by atoms with van der Waals surface area (Å²) >= 11 is 11.7. The van der Waals surface area contributed by atoms with Gasteiger partial charge in [0.2, 0.25) is 0 Å². The van der Waals surface area contributed by atoms with Gasteiger partial charge in [0.15, 0.2) is 0 Å². The monoisotopic (exact) mass is 407 g/mol. The number of aliphatic hydroxyl groups is 1. The fourth-order valence-electron chi connectivity index (χ4n) is 2.00. The quantitative estimate of drug-likeness (QED) is 0.754. The van der Waals surface area contributed by atoms with Crippen LogP contribution in [0.25, 0.3) is 0 Å². The van der Waals surface area contributed by atoms with Gasteiger partial charge < -0.3 is 15.2 Å². The first kappa shape index (κ1) is 20.4. The van der Waals surface area contributed by atoms with Gasteiger partial charge in [-0.1, -0.05) is 35.3 Å². The van der Waals surface area contributed by atoms with E-state index in [1.807, 2.05) is 0 Å². The number of hydrogen-bond donors (Lipinski definition) is 2. The third-order valence-corrected chi connectivity index (χ3v) is 4.12. The zero-order chi connectivity index (χ0) is 19.3. The number of benzene rings is 2. The summed E-state index contributed by atoms with van der Waals surface area (Å²) in [5.74, 6) is -0.585. The average molecular weight is 408 g/mol. The molecule has 2 N–H and O–H groups in total. The van der Waals surface area contributed by atoms with Crippen LogP contribution in [-0.4, -0.2) is 30.3 Å². The summed E-state index contributed by atoms with van der Waals surface area (Å²) in [5, 5.41) is 12.6. The fraction of sp³-hybridized carbons (Fsp3) is 0.235. The van der Waals surface area contributed by atoms with Crippen LogP contribution in [0.4, 0.5) is 13.2 Å². The van der Waals surface area contributed by atoms with E-state index < -0.39 is 23.8 Å². The van der Waals surface area contributed by atoms with Crippen molar-refractivity contribution < 1.29 is 27.8 Å². The van der Waals surface area contributed by atoms with Crippen LogP contribution in [0.2, 0.25) is 10.0 Å². The van der Waals surface area contributed by atoms with Crippen molar-refractivity contribution >= 4 is 29.1 Å². The van der Waals surface area contributed by atoms with E-state index >= 15 is 0 Å². The summed E-state index contributed by atoms with van der Waals surface area (Å²) in [7, 11) is 0. The molecule has 1 unspecified atom stereocenters. The molecule has 0 spiro atoms. The lowest BCUT2D eigenvalue weighted by molar-refractivity contribution is -0.137. The number of alkyl halides is 3. The van der Waals surface area contributed by atoms with Crippen molar-refractivity contribution in [2.75, 3.05) is 13.2 Å². The number of ether oxygens (including phenoxy) is 1. The molecule has 0 heterocycles. The van der Waals surface area contributed by atoms with Gasteiger partial charge in [0.25, 0.3) is 5.91 Å². The maximum absolute atomic E-state index is 12.6. The van der Waals surface area contributed by atoms with Gasteiger partial charge in [-0.2, -0.15) is 13.2 Å². The summed E-state index contributed by atoms with van der Waals surface area (Å²) in [5.41, 5.74) is -0.710. The smallest absolute Gasteiger partial charge is 0.416 e. The molecule has 140 valence electrons. The number of halogens is 5. The molecule has 0 saturated heterocycles. The van der Waals surface area contributed by atoms with Crippen LogP contribution in [0.5, 0.6) is 5.75 Å². The first-order valence-electron chi connectivity index (χ1n) is 7.39. The van der Waals surface area contributed by atoms with Gasteiger partial charge in [0.05, 0.1) is 21.2 Å². The normalized spacial score (nSPS) is 12.5. The predicted molar refractivity (Wildman–Crippen MR) is 91.7 cm³/mol. The predicted octanol–water partition coefficient (Wildman–Crippen LogP) is 4.18. The molecule has 2 aromatic rings. The standard InChI is InChI=1S/C17H14Cl2F3NO3/c18-14-6-2-5-13(15(14)19)16(25)23-8-11(24)9-26-12-4-1-3-10(7-12)17(20,21)22/h1-7,11,24H,8-9H2,(H,23,25). The van der Waals surface area contributed by atoms with Crippen molar-refractivity contribution in [3.63, 3.8) is 0 Å². The molecule has 9 heteroatoms. The Morgan fingerprint density at radius 2 is 1.88 bits per heavy atom. The molecule has 0 bridgehead atoms. The van der Waals surface area contributed by atoms with Crippen LogP contribution in [0.3, 0.4) is 0 Å². The van der Waals surface area contributed by atoms with Crippen LogP contribution in [-0.2, 0) is 6.18 Å². The number of carbonyl (C=O) groups is 1. The van der Waals surface area contributed by atoms with Crippen LogP contribution in [0.1, 0.15) is 15.9 Å². The third-order valence-electron chi connectivity index (χ3n) is 3.30. The van der Waals surface area contributed by atoms with E-state index in [1.165, 1.54) is 24.3 Å². The molecule has 0 aromatic heterocycles. The van der Waals surface area contributed by atoms with E-state index in [4.69, 9.17) is 27.9 Å². The van der Waals surface area contributed by atoms with Crippen molar-refractivity contribution in [3.05, 3.63) is 63.6 Å². The Balaban J connectivity index is 1.87. The van der Waals surface area contributed by atoms with E-state index in [1.54, 1.807) is 6.07 Å². The number of hydrogen-bond acceptors (Lipinski definition) is 3. The third kappa shape index (κ3) is 5.52. The van der Waals surface area contributed by atoms with E-state index in [-0.39, 0.29) is 34.5 Å². The highest BCUT2D eigenvalue weighted by Gasteiger charge is 2.30. The summed E-state index contributed by atoms with van der Waals surface area (Å²) in [6, 6.07) is 8.83. The van der Waals surface area contributed by atoms with Crippen molar-refractivity contribution in [2.24, 2.45) is 0 Å². The molecular formula is C17H14Cl2F3NO3. The van der Waals surface area contributed by atoms with Crippen LogP contribution >= 0.6 is 23.2 Å². The van der Waals surface area contributed by atoms with Crippen LogP contribution in [0, 0.1) is 0 Å². The molecule has 2 aromatic carbocycles. The Morgan fingerprint density at radius 3 is 2.58 bits per heavy atom. The molecule has 4 nitrogen and oxygen atoms in total. The summed E-state index contributed by atoms with van der Waals surface area (Å²) in [6.45, 7) is -0.481. The average Bonchev–Trinajstić information content (AvgIpc) is 2.59. The Morgan fingerprint density at radius 1 is 1.19 bits per heavy atom. The maximum atomic E-state index is 12.6. The molecule has 0 radical (unpaired) electrons. The molecule has 0 saturated carbocycles. The zero-order valence-electron chi connectivity index (χ0n) is 13.2. The van der Waals surface area contributed by atoms with Gasteiger partial charge in [0, 0.05) is 6.54 Å². The molecule has 1 atom stereocenters. The summed E-state index contributed by atoms with van der Waals surface area (Å²) in [6.07, 6.45) is -5.62. The van der Waals surface area contributed by atoms with E-state index in [2.05, 4.69) is 5.32 Å².